The minimum absolute atomic E-state index is 0.531. The fraction of sp³-hybridized carbons (Fsp3) is 1.00. The lowest BCUT2D eigenvalue weighted by molar-refractivity contribution is -0.677. The van der Waals surface area contributed by atoms with Gasteiger partial charge in [0.1, 0.15) is 12.6 Å². The summed E-state index contributed by atoms with van der Waals surface area (Å²) in [6.07, 6.45) is 1.69. The lowest BCUT2D eigenvalue weighted by atomic mass is 10.2. The zero-order valence-electron chi connectivity index (χ0n) is 5.39. The first-order valence-electron chi connectivity index (χ1n) is 3.36. The van der Waals surface area contributed by atoms with Crippen molar-refractivity contribution >= 4 is 0 Å². The number of hydrogen-bond donors (Lipinski definition) is 1. The Kier molecular flexibility index (Phi) is 2.30. The maximum Gasteiger partial charge on any atom is 0.106 e. The molecule has 1 saturated heterocycles. The molecule has 1 aliphatic heterocycles. The number of rotatable bonds is 1. The smallest absolute Gasteiger partial charge is 0.106 e. The molecule has 2 heteroatoms. The molecule has 1 heterocycles. The molecule has 1 rings (SSSR count). The third-order valence-corrected chi connectivity index (χ3v) is 1.56. The van der Waals surface area contributed by atoms with Gasteiger partial charge in [0.25, 0.3) is 0 Å². The van der Waals surface area contributed by atoms with Crippen LogP contribution in [-0.4, -0.2) is 25.8 Å². The van der Waals surface area contributed by atoms with Crippen molar-refractivity contribution in [3.63, 3.8) is 0 Å². The van der Waals surface area contributed by atoms with Gasteiger partial charge < -0.3 is 10.1 Å². The molecule has 0 saturated carbocycles. The van der Waals surface area contributed by atoms with Crippen LogP contribution >= 0.6 is 0 Å². The quantitative estimate of drug-likeness (QED) is 0.484. The third-order valence-electron chi connectivity index (χ3n) is 1.56. The molecule has 1 aliphatic rings. The lowest BCUT2D eigenvalue weighted by Gasteiger charge is -2.18. The summed E-state index contributed by atoms with van der Waals surface area (Å²) in [5, 5.41) is 2.32. The van der Waals surface area contributed by atoms with Gasteiger partial charge in [-0.25, -0.2) is 0 Å². The van der Waals surface area contributed by atoms with Crippen LogP contribution in [0.25, 0.3) is 0 Å². The first kappa shape index (κ1) is 6.05. The van der Waals surface area contributed by atoms with Gasteiger partial charge in [-0.2, -0.15) is 0 Å². The van der Waals surface area contributed by atoms with Crippen LogP contribution in [0, 0.1) is 0 Å². The van der Waals surface area contributed by atoms with Gasteiger partial charge in [0.15, 0.2) is 0 Å². The molecular formula is C6H14NO+. The lowest BCUT2D eigenvalue weighted by Crippen LogP contribution is -2.89. The molecule has 2 N–H and O–H groups in total. The van der Waals surface area contributed by atoms with E-state index in [1.165, 1.54) is 0 Å². The summed E-state index contributed by atoms with van der Waals surface area (Å²) in [7, 11) is 0. The van der Waals surface area contributed by atoms with Gasteiger partial charge in [-0.3, -0.25) is 0 Å². The zero-order chi connectivity index (χ0) is 5.82. The first-order valence-corrected chi connectivity index (χ1v) is 3.36. The van der Waals surface area contributed by atoms with Crippen LogP contribution < -0.4 is 5.32 Å². The Morgan fingerprint density at radius 1 is 1.75 bits per heavy atom. The van der Waals surface area contributed by atoms with Crippen LogP contribution in [0.15, 0.2) is 0 Å². The molecule has 0 amide bonds. The Balaban J connectivity index is 2.13. The van der Waals surface area contributed by atoms with Crippen LogP contribution in [0.5, 0.6) is 0 Å². The van der Waals surface area contributed by atoms with Gasteiger partial charge in [0.2, 0.25) is 0 Å². The second kappa shape index (κ2) is 3.05. The van der Waals surface area contributed by atoms with Crippen molar-refractivity contribution in [2.75, 3.05) is 19.7 Å². The molecule has 0 aliphatic carbocycles. The van der Waals surface area contributed by atoms with E-state index in [0.29, 0.717) is 6.10 Å². The third kappa shape index (κ3) is 1.46. The van der Waals surface area contributed by atoms with Crippen molar-refractivity contribution in [2.24, 2.45) is 0 Å². The average molecular weight is 116 g/mol. The summed E-state index contributed by atoms with van der Waals surface area (Å²) in [5.41, 5.74) is 0. The molecule has 1 atom stereocenters. The number of nitrogens with two attached hydrogens (primary N) is 1. The molecule has 0 aromatic heterocycles. The van der Waals surface area contributed by atoms with Crippen molar-refractivity contribution in [2.45, 2.75) is 19.4 Å². The molecule has 0 aromatic carbocycles. The molecule has 0 spiro atoms. The topological polar surface area (TPSA) is 25.8 Å². The van der Waals surface area contributed by atoms with Crippen molar-refractivity contribution in [1.82, 2.24) is 0 Å². The number of quaternary nitrogens is 1. The summed E-state index contributed by atoms with van der Waals surface area (Å²) >= 11 is 0. The SMILES string of the molecule is CC[C@@H]1C[NH2+]CCO1. The number of morpholine rings is 1. The van der Waals surface area contributed by atoms with Crippen LogP contribution in [-0.2, 0) is 4.74 Å². The van der Waals surface area contributed by atoms with Gasteiger partial charge in [-0.1, -0.05) is 6.92 Å². The van der Waals surface area contributed by atoms with E-state index in [1.54, 1.807) is 0 Å². The number of hydrogen-bond acceptors (Lipinski definition) is 1. The second-order valence-corrected chi connectivity index (χ2v) is 2.21. The highest BCUT2D eigenvalue weighted by Crippen LogP contribution is 1.94. The second-order valence-electron chi connectivity index (χ2n) is 2.21. The normalized spacial score (nSPS) is 30.4. The van der Waals surface area contributed by atoms with E-state index in [4.69, 9.17) is 4.74 Å². The van der Waals surface area contributed by atoms with E-state index in [2.05, 4.69) is 12.2 Å². The highest BCUT2D eigenvalue weighted by Gasteiger charge is 2.12. The van der Waals surface area contributed by atoms with Crippen molar-refractivity contribution in [3.8, 4) is 0 Å². The highest BCUT2D eigenvalue weighted by atomic mass is 16.5. The fourth-order valence-electron chi connectivity index (χ4n) is 0.974. The Bertz CT molecular complexity index is 59.5. The van der Waals surface area contributed by atoms with Crippen LogP contribution in [0.4, 0.5) is 0 Å². The maximum absolute atomic E-state index is 5.40. The predicted octanol–water partition coefficient (Wildman–Crippen LogP) is -0.641. The van der Waals surface area contributed by atoms with E-state index >= 15 is 0 Å². The summed E-state index contributed by atoms with van der Waals surface area (Å²) in [6, 6.07) is 0. The molecule has 0 bridgehead atoms. The molecule has 2 nitrogen and oxygen atoms in total. The molecule has 48 valence electrons. The van der Waals surface area contributed by atoms with Crippen LogP contribution in [0.2, 0.25) is 0 Å². The Morgan fingerprint density at radius 3 is 3.00 bits per heavy atom. The number of ether oxygens (including phenoxy) is 1. The minimum atomic E-state index is 0.531. The van der Waals surface area contributed by atoms with E-state index in [0.717, 1.165) is 26.1 Å². The molecule has 0 radical (unpaired) electrons. The van der Waals surface area contributed by atoms with E-state index in [9.17, 15) is 0 Å². The molecule has 1 fully saturated rings. The van der Waals surface area contributed by atoms with E-state index in [1.807, 2.05) is 0 Å². The summed E-state index contributed by atoms with van der Waals surface area (Å²) in [4.78, 5) is 0. The zero-order valence-corrected chi connectivity index (χ0v) is 5.39. The Labute approximate surface area is 50.2 Å². The Morgan fingerprint density at radius 2 is 2.62 bits per heavy atom. The highest BCUT2D eigenvalue weighted by molar-refractivity contribution is 4.52. The van der Waals surface area contributed by atoms with Crippen molar-refractivity contribution in [3.05, 3.63) is 0 Å². The van der Waals surface area contributed by atoms with Crippen LogP contribution in [0.3, 0.4) is 0 Å². The van der Waals surface area contributed by atoms with Crippen molar-refractivity contribution in [1.29, 1.82) is 0 Å². The van der Waals surface area contributed by atoms with E-state index < -0.39 is 0 Å². The van der Waals surface area contributed by atoms with Crippen LogP contribution in [0.1, 0.15) is 13.3 Å². The van der Waals surface area contributed by atoms with Gasteiger partial charge in [0.05, 0.1) is 13.2 Å². The van der Waals surface area contributed by atoms with Gasteiger partial charge in [-0.15, -0.1) is 0 Å². The minimum Gasteiger partial charge on any atom is -0.367 e. The van der Waals surface area contributed by atoms with Crippen molar-refractivity contribution < 1.29 is 10.1 Å². The van der Waals surface area contributed by atoms with Gasteiger partial charge in [-0.05, 0) is 6.42 Å². The summed E-state index contributed by atoms with van der Waals surface area (Å²) in [5.74, 6) is 0. The molecule has 0 aromatic rings. The molecule has 8 heavy (non-hydrogen) atoms. The maximum atomic E-state index is 5.40. The summed E-state index contributed by atoms with van der Waals surface area (Å²) < 4.78 is 5.40. The Hall–Kier alpha value is -0.0800. The molecular weight excluding hydrogens is 102 g/mol. The van der Waals surface area contributed by atoms with Gasteiger partial charge in [0, 0.05) is 0 Å². The standard InChI is InChI=1S/C6H13NO/c1-2-6-5-7-3-4-8-6/h6-7H,2-5H2,1H3/p+1/t6-/m1/s1. The average Bonchev–Trinajstić information content (AvgIpc) is 1.90. The first-order chi connectivity index (χ1) is 3.93. The fourth-order valence-corrected chi connectivity index (χ4v) is 0.974. The monoisotopic (exact) mass is 116 g/mol. The van der Waals surface area contributed by atoms with Gasteiger partial charge >= 0.3 is 0 Å². The molecule has 0 unspecified atom stereocenters. The van der Waals surface area contributed by atoms with E-state index in [-0.39, 0.29) is 0 Å². The largest absolute Gasteiger partial charge is 0.367 e. The predicted molar refractivity (Wildman–Crippen MR) is 31.7 cm³/mol. The summed E-state index contributed by atoms with van der Waals surface area (Å²) in [6.45, 7) is 5.43.